The molecule has 0 fully saturated rings. The highest BCUT2D eigenvalue weighted by atomic mass is 32.1. The van der Waals surface area contributed by atoms with E-state index in [0.29, 0.717) is 25.4 Å². The van der Waals surface area contributed by atoms with Gasteiger partial charge in [-0.25, -0.2) is 9.78 Å². The van der Waals surface area contributed by atoms with E-state index in [1.165, 1.54) is 11.3 Å². The van der Waals surface area contributed by atoms with Crippen LogP contribution in [0.3, 0.4) is 0 Å². The van der Waals surface area contributed by atoms with Crippen molar-refractivity contribution in [3.63, 3.8) is 0 Å². The maximum absolute atomic E-state index is 12.4. The van der Waals surface area contributed by atoms with Crippen molar-refractivity contribution in [2.24, 2.45) is 7.05 Å². The molecule has 0 saturated carbocycles. The minimum Gasteiger partial charge on any atom is -0.475 e. The molecule has 27 heavy (non-hydrogen) atoms. The zero-order chi connectivity index (χ0) is 20.2. The van der Waals surface area contributed by atoms with Crippen LogP contribution in [-0.2, 0) is 23.1 Å². The van der Waals surface area contributed by atoms with Gasteiger partial charge in [-0.3, -0.25) is 9.48 Å². The number of alkyl halides is 3. The lowest BCUT2D eigenvalue weighted by Crippen LogP contribution is -2.39. The highest BCUT2D eigenvalue weighted by molar-refractivity contribution is 7.07. The van der Waals surface area contributed by atoms with Gasteiger partial charge in [-0.2, -0.15) is 18.3 Å². The number of fused-ring (bicyclic) bond motifs is 1. The fourth-order valence-corrected chi connectivity index (χ4v) is 3.14. The molecule has 1 aliphatic rings. The first-order valence-corrected chi connectivity index (χ1v) is 8.56. The normalized spacial score (nSPS) is 16.3. The second kappa shape index (κ2) is 8.48. The molecule has 1 unspecified atom stereocenters. The molecule has 8 nitrogen and oxygen atoms in total. The van der Waals surface area contributed by atoms with Crippen molar-refractivity contribution in [1.82, 2.24) is 19.7 Å². The van der Waals surface area contributed by atoms with Gasteiger partial charge < -0.3 is 14.7 Å². The number of aryl methyl sites for hydroxylation is 1. The number of ether oxygens (including phenoxy) is 1. The van der Waals surface area contributed by atoms with E-state index in [2.05, 4.69) is 10.1 Å². The minimum atomic E-state index is -5.08. The van der Waals surface area contributed by atoms with E-state index in [4.69, 9.17) is 14.6 Å². The highest BCUT2D eigenvalue weighted by Gasteiger charge is 2.38. The largest absolute Gasteiger partial charge is 0.490 e. The van der Waals surface area contributed by atoms with E-state index in [-0.39, 0.29) is 11.8 Å². The number of carboxylic acid groups (broad SMARTS) is 1. The summed E-state index contributed by atoms with van der Waals surface area (Å²) in [6.45, 7) is 1.76. The minimum absolute atomic E-state index is 0.0261. The molecule has 1 aliphatic heterocycles. The summed E-state index contributed by atoms with van der Waals surface area (Å²) in [6, 6.07) is 0. The molecule has 12 heteroatoms. The van der Waals surface area contributed by atoms with Crippen LogP contribution in [-0.4, -0.2) is 63.1 Å². The van der Waals surface area contributed by atoms with Gasteiger partial charge in [0.2, 0.25) is 0 Å². The van der Waals surface area contributed by atoms with Gasteiger partial charge >= 0.3 is 12.1 Å². The van der Waals surface area contributed by atoms with Crippen molar-refractivity contribution >= 4 is 23.2 Å². The van der Waals surface area contributed by atoms with E-state index in [1.807, 2.05) is 18.1 Å². The molecule has 2 aromatic rings. The van der Waals surface area contributed by atoms with E-state index >= 15 is 0 Å². The Hall–Kier alpha value is -2.47. The Morgan fingerprint density at radius 1 is 1.44 bits per heavy atom. The molecule has 3 rings (SSSR count). The van der Waals surface area contributed by atoms with Crippen molar-refractivity contribution in [3.8, 4) is 0 Å². The van der Waals surface area contributed by atoms with Crippen LogP contribution in [0.2, 0.25) is 0 Å². The van der Waals surface area contributed by atoms with Gasteiger partial charge in [0.25, 0.3) is 5.91 Å². The van der Waals surface area contributed by atoms with Gasteiger partial charge in [0.1, 0.15) is 5.69 Å². The summed E-state index contributed by atoms with van der Waals surface area (Å²) in [5.74, 6) is -2.66. The molecule has 0 aliphatic carbocycles. The van der Waals surface area contributed by atoms with Gasteiger partial charge in [0, 0.05) is 50.3 Å². The van der Waals surface area contributed by atoms with Gasteiger partial charge in [0.05, 0.1) is 17.8 Å². The SMILES string of the molecule is COCC1CN(C(=O)c2cscn2)Cc2cn(C)nc21.O=C(O)C(F)(F)F. The van der Waals surface area contributed by atoms with Gasteiger partial charge in [-0.1, -0.05) is 0 Å². The van der Waals surface area contributed by atoms with Crippen LogP contribution in [0.15, 0.2) is 17.1 Å². The number of aromatic nitrogens is 3. The third kappa shape index (κ3) is 5.26. The molecule has 1 N–H and O–H groups in total. The molecular weight excluding hydrogens is 389 g/mol. The van der Waals surface area contributed by atoms with Crippen molar-refractivity contribution in [2.45, 2.75) is 18.6 Å². The predicted molar refractivity (Wildman–Crippen MR) is 88.4 cm³/mol. The summed E-state index contributed by atoms with van der Waals surface area (Å²) in [5, 5.41) is 13.4. The van der Waals surface area contributed by atoms with Crippen LogP contribution in [0, 0.1) is 0 Å². The number of thiazole rings is 1. The quantitative estimate of drug-likeness (QED) is 0.836. The molecule has 0 bridgehead atoms. The summed E-state index contributed by atoms with van der Waals surface area (Å²) >= 11 is 1.43. The van der Waals surface area contributed by atoms with E-state index < -0.39 is 12.1 Å². The Bertz CT molecular complexity index is 792. The second-order valence-electron chi connectivity index (χ2n) is 5.73. The molecule has 0 radical (unpaired) electrons. The fourth-order valence-electron chi connectivity index (χ4n) is 2.61. The number of nitrogens with zero attached hydrogens (tertiary/aromatic N) is 4. The Labute approximate surface area is 156 Å². The topological polar surface area (TPSA) is 97.5 Å². The molecular formula is C15H17F3N4O4S. The highest BCUT2D eigenvalue weighted by Crippen LogP contribution is 2.28. The first kappa shape index (κ1) is 20.8. The van der Waals surface area contributed by atoms with Crippen molar-refractivity contribution in [1.29, 1.82) is 0 Å². The van der Waals surface area contributed by atoms with Crippen LogP contribution in [0.5, 0.6) is 0 Å². The number of carboxylic acids is 1. The molecule has 0 aromatic carbocycles. The summed E-state index contributed by atoms with van der Waals surface area (Å²) < 4.78 is 38.8. The van der Waals surface area contributed by atoms with Crippen molar-refractivity contribution < 1.29 is 32.6 Å². The predicted octanol–water partition coefficient (Wildman–Crippen LogP) is 1.90. The maximum Gasteiger partial charge on any atom is 0.490 e. The molecule has 148 valence electrons. The lowest BCUT2D eigenvalue weighted by molar-refractivity contribution is -0.192. The van der Waals surface area contributed by atoms with E-state index in [0.717, 1.165) is 11.3 Å². The van der Waals surface area contributed by atoms with Gasteiger partial charge in [0.15, 0.2) is 0 Å². The van der Waals surface area contributed by atoms with Crippen molar-refractivity contribution in [3.05, 3.63) is 34.0 Å². The Morgan fingerprint density at radius 2 is 2.11 bits per heavy atom. The average molecular weight is 406 g/mol. The molecule has 1 atom stereocenters. The smallest absolute Gasteiger partial charge is 0.475 e. The molecule has 0 spiro atoms. The van der Waals surface area contributed by atoms with Crippen LogP contribution in [0.4, 0.5) is 13.2 Å². The van der Waals surface area contributed by atoms with Crippen LogP contribution in [0.25, 0.3) is 0 Å². The zero-order valence-corrected chi connectivity index (χ0v) is 15.3. The standard InChI is InChI=1S/C13H16N4O2S.C2HF3O2/c1-16-3-9-4-17(13(18)11-7-20-8-14-11)5-10(6-19-2)12(9)15-16;3-2(4,5)1(6)7/h3,7-8,10H,4-6H2,1-2H3;(H,6,7). The molecule has 2 aromatic heterocycles. The number of carbonyl (C=O) groups excluding carboxylic acids is 1. The molecule has 3 heterocycles. The first-order chi connectivity index (χ1) is 12.6. The van der Waals surface area contributed by atoms with Crippen LogP contribution < -0.4 is 0 Å². The second-order valence-corrected chi connectivity index (χ2v) is 6.45. The average Bonchev–Trinajstić information content (AvgIpc) is 3.22. The maximum atomic E-state index is 12.4. The molecule has 0 saturated heterocycles. The Morgan fingerprint density at radius 3 is 2.63 bits per heavy atom. The number of halogens is 3. The Kier molecular flexibility index (Phi) is 6.54. The first-order valence-electron chi connectivity index (χ1n) is 7.62. The van der Waals surface area contributed by atoms with E-state index in [9.17, 15) is 18.0 Å². The number of rotatable bonds is 3. The number of methoxy groups -OCH3 is 1. The zero-order valence-electron chi connectivity index (χ0n) is 14.4. The summed E-state index contributed by atoms with van der Waals surface area (Å²) in [5.41, 5.74) is 4.32. The van der Waals surface area contributed by atoms with Gasteiger partial charge in [-0.15, -0.1) is 11.3 Å². The number of hydrogen-bond donors (Lipinski definition) is 1. The summed E-state index contributed by atoms with van der Waals surface area (Å²) in [6.07, 6.45) is -3.11. The van der Waals surface area contributed by atoms with Crippen LogP contribution >= 0.6 is 11.3 Å². The third-order valence-electron chi connectivity index (χ3n) is 3.67. The van der Waals surface area contributed by atoms with Crippen LogP contribution in [0.1, 0.15) is 27.7 Å². The number of carbonyl (C=O) groups is 2. The summed E-state index contributed by atoms with van der Waals surface area (Å²) in [4.78, 5) is 27.2. The van der Waals surface area contributed by atoms with Crippen molar-refractivity contribution in [2.75, 3.05) is 20.3 Å². The summed E-state index contributed by atoms with van der Waals surface area (Å²) in [7, 11) is 3.57. The molecule has 1 amide bonds. The fraction of sp³-hybridized carbons (Fsp3) is 0.467. The lowest BCUT2D eigenvalue weighted by Gasteiger charge is -2.31. The monoisotopic (exact) mass is 406 g/mol. The third-order valence-corrected chi connectivity index (χ3v) is 4.26. The van der Waals surface area contributed by atoms with E-state index in [1.54, 1.807) is 22.7 Å². The number of aliphatic carboxylic acids is 1. The van der Waals surface area contributed by atoms with Gasteiger partial charge in [-0.05, 0) is 0 Å². The number of hydrogen-bond acceptors (Lipinski definition) is 6. The lowest BCUT2D eigenvalue weighted by atomic mass is 9.97. The number of amides is 1. The Balaban J connectivity index is 0.000000321.